The molecule has 6 nitrogen and oxygen atoms in total. The maximum atomic E-state index is 11.4. The fourth-order valence-corrected chi connectivity index (χ4v) is 1.44. The SMILES string of the molecule is CCOC(=O)c1ccc2[nH]c(=O)oc(=O)c2c1. The van der Waals surface area contributed by atoms with E-state index in [2.05, 4.69) is 9.40 Å². The summed E-state index contributed by atoms with van der Waals surface area (Å²) in [5.74, 6) is -1.36. The zero-order valence-electron chi connectivity index (χ0n) is 8.98. The van der Waals surface area contributed by atoms with E-state index in [1.54, 1.807) is 6.92 Å². The van der Waals surface area contributed by atoms with Crippen LogP contribution < -0.4 is 11.4 Å². The predicted molar refractivity (Wildman–Crippen MR) is 59.1 cm³/mol. The molecule has 0 atom stereocenters. The van der Waals surface area contributed by atoms with Gasteiger partial charge in [-0.2, -0.15) is 0 Å². The molecule has 0 saturated heterocycles. The van der Waals surface area contributed by atoms with Crippen molar-refractivity contribution in [3.05, 3.63) is 44.7 Å². The summed E-state index contributed by atoms with van der Waals surface area (Å²) < 4.78 is 9.16. The normalized spacial score (nSPS) is 10.4. The van der Waals surface area contributed by atoms with E-state index >= 15 is 0 Å². The highest BCUT2D eigenvalue weighted by Crippen LogP contribution is 2.10. The third kappa shape index (κ3) is 2.10. The van der Waals surface area contributed by atoms with E-state index in [9.17, 15) is 14.4 Å². The summed E-state index contributed by atoms with van der Waals surface area (Å²) in [6, 6.07) is 4.25. The Morgan fingerprint density at radius 1 is 1.41 bits per heavy atom. The number of fused-ring (bicyclic) bond motifs is 1. The molecule has 88 valence electrons. The second kappa shape index (κ2) is 4.25. The first-order valence-corrected chi connectivity index (χ1v) is 4.96. The van der Waals surface area contributed by atoms with E-state index in [1.165, 1.54) is 18.2 Å². The lowest BCUT2D eigenvalue weighted by molar-refractivity contribution is 0.0526. The number of esters is 1. The fraction of sp³-hybridized carbons (Fsp3) is 0.182. The Kier molecular flexibility index (Phi) is 2.78. The van der Waals surface area contributed by atoms with Crippen LogP contribution in [0.5, 0.6) is 0 Å². The van der Waals surface area contributed by atoms with Gasteiger partial charge < -0.3 is 9.15 Å². The van der Waals surface area contributed by atoms with Gasteiger partial charge in [-0.3, -0.25) is 4.98 Å². The summed E-state index contributed by atoms with van der Waals surface area (Å²) in [6.45, 7) is 1.93. The smallest absolute Gasteiger partial charge is 0.419 e. The molecule has 0 aliphatic carbocycles. The Labute approximate surface area is 94.8 Å². The fourth-order valence-electron chi connectivity index (χ4n) is 1.44. The maximum Gasteiger partial charge on any atom is 0.419 e. The number of hydrogen-bond donors (Lipinski definition) is 1. The van der Waals surface area contributed by atoms with Crippen LogP contribution in [0.3, 0.4) is 0 Å². The van der Waals surface area contributed by atoms with Gasteiger partial charge in [0, 0.05) is 0 Å². The maximum absolute atomic E-state index is 11.4. The van der Waals surface area contributed by atoms with Crippen molar-refractivity contribution in [3.8, 4) is 0 Å². The minimum atomic E-state index is -0.827. The molecule has 1 aromatic carbocycles. The Bertz CT molecular complexity index is 682. The minimum absolute atomic E-state index is 0.134. The molecule has 2 aromatic rings. The third-order valence-electron chi connectivity index (χ3n) is 2.17. The van der Waals surface area contributed by atoms with Gasteiger partial charge in [-0.1, -0.05) is 0 Å². The van der Waals surface area contributed by atoms with E-state index in [1.807, 2.05) is 0 Å². The topological polar surface area (TPSA) is 89.4 Å². The first-order chi connectivity index (χ1) is 8.11. The number of rotatable bonds is 2. The summed E-state index contributed by atoms with van der Waals surface area (Å²) in [5, 5.41) is 0.134. The van der Waals surface area contributed by atoms with Crippen LogP contribution in [0.25, 0.3) is 10.9 Å². The monoisotopic (exact) mass is 235 g/mol. The van der Waals surface area contributed by atoms with Crippen molar-refractivity contribution < 1.29 is 13.9 Å². The van der Waals surface area contributed by atoms with Crippen molar-refractivity contribution >= 4 is 16.9 Å². The Hall–Kier alpha value is -2.37. The molecule has 0 radical (unpaired) electrons. The summed E-state index contributed by atoms with van der Waals surface area (Å²) >= 11 is 0. The average molecular weight is 235 g/mol. The number of carbonyl (C=O) groups is 1. The van der Waals surface area contributed by atoms with E-state index in [4.69, 9.17) is 4.74 Å². The largest absolute Gasteiger partial charge is 0.462 e. The second-order valence-corrected chi connectivity index (χ2v) is 3.28. The highest BCUT2D eigenvalue weighted by atomic mass is 16.5. The lowest BCUT2D eigenvalue weighted by Gasteiger charge is -2.02. The first-order valence-electron chi connectivity index (χ1n) is 4.96. The molecule has 0 amide bonds. The summed E-state index contributed by atoms with van der Waals surface area (Å²) in [4.78, 5) is 36.1. The van der Waals surface area contributed by atoms with E-state index in [-0.39, 0.29) is 17.6 Å². The van der Waals surface area contributed by atoms with Crippen LogP contribution in [0.4, 0.5) is 0 Å². The van der Waals surface area contributed by atoms with Crippen molar-refractivity contribution in [1.82, 2.24) is 4.98 Å². The van der Waals surface area contributed by atoms with Gasteiger partial charge in [-0.15, -0.1) is 0 Å². The van der Waals surface area contributed by atoms with Crippen molar-refractivity contribution in [1.29, 1.82) is 0 Å². The third-order valence-corrected chi connectivity index (χ3v) is 2.17. The zero-order valence-corrected chi connectivity index (χ0v) is 8.98. The van der Waals surface area contributed by atoms with Crippen LogP contribution in [0.2, 0.25) is 0 Å². The molecular weight excluding hydrogens is 226 g/mol. The van der Waals surface area contributed by atoms with Gasteiger partial charge in [-0.25, -0.2) is 14.4 Å². The van der Waals surface area contributed by atoms with Crippen molar-refractivity contribution in [2.24, 2.45) is 0 Å². The minimum Gasteiger partial charge on any atom is -0.462 e. The van der Waals surface area contributed by atoms with E-state index < -0.39 is 17.4 Å². The number of nitrogens with one attached hydrogen (secondary N) is 1. The molecule has 6 heteroatoms. The van der Waals surface area contributed by atoms with Gasteiger partial charge in [0.2, 0.25) is 0 Å². The van der Waals surface area contributed by atoms with E-state index in [0.29, 0.717) is 5.52 Å². The van der Waals surface area contributed by atoms with Crippen LogP contribution in [-0.2, 0) is 4.74 Å². The molecule has 0 bridgehead atoms. The molecular formula is C11H9NO5. The quantitative estimate of drug-likeness (QED) is 0.772. The van der Waals surface area contributed by atoms with Crippen LogP contribution in [-0.4, -0.2) is 17.6 Å². The Balaban J connectivity index is 2.62. The molecule has 0 saturated carbocycles. The van der Waals surface area contributed by atoms with Gasteiger partial charge in [-0.05, 0) is 25.1 Å². The van der Waals surface area contributed by atoms with Gasteiger partial charge >= 0.3 is 17.4 Å². The molecule has 1 heterocycles. The van der Waals surface area contributed by atoms with Gasteiger partial charge in [0.1, 0.15) is 0 Å². The van der Waals surface area contributed by atoms with Gasteiger partial charge in [0.05, 0.1) is 23.1 Å². The molecule has 0 spiro atoms. The molecule has 1 N–H and O–H groups in total. The Morgan fingerprint density at radius 3 is 2.88 bits per heavy atom. The number of H-pyrrole nitrogens is 1. The van der Waals surface area contributed by atoms with Crippen molar-refractivity contribution in [3.63, 3.8) is 0 Å². The average Bonchev–Trinajstić information content (AvgIpc) is 2.28. The van der Waals surface area contributed by atoms with Crippen LogP contribution in [0.15, 0.2) is 32.2 Å². The van der Waals surface area contributed by atoms with Crippen LogP contribution >= 0.6 is 0 Å². The highest BCUT2D eigenvalue weighted by molar-refractivity contribution is 5.94. The summed E-state index contributed by atoms with van der Waals surface area (Å²) in [5.41, 5.74) is -0.229. The summed E-state index contributed by atoms with van der Waals surface area (Å²) in [7, 11) is 0. The highest BCUT2D eigenvalue weighted by Gasteiger charge is 2.09. The number of aromatic amines is 1. The summed E-state index contributed by atoms with van der Waals surface area (Å²) in [6.07, 6.45) is 0. The molecule has 0 fully saturated rings. The Morgan fingerprint density at radius 2 is 2.18 bits per heavy atom. The van der Waals surface area contributed by atoms with Crippen molar-refractivity contribution in [2.45, 2.75) is 6.92 Å². The molecule has 0 unspecified atom stereocenters. The van der Waals surface area contributed by atoms with Crippen molar-refractivity contribution in [2.75, 3.05) is 6.61 Å². The van der Waals surface area contributed by atoms with Gasteiger partial charge in [0.25, 0.3) is 0 Å². The van der Waals surface area contributed by atoms with Crippen LogP contribution in [0.1, 0.15) is 17.3 Å². The zero-order chi connectivity index (χ0) is 12.4. The molecule has 2 rings (SSSR count). The first kappa shape index (κ1) is 11.1. The molecule has 17 heavy (non-hydrogen) atoms. The predicted octanol–water partition coefficient (Wildman–Crippen LogP) is 0.658. The second-order valence-electron chi connectivity index (χ2n) is 3.28. The molecule has 1 aromatic heterocycles. The number of ether oxygens (including phenoxy) is 1. The van der Waals surface area contributed by atoms with Crippen LogP contribution in [0, 0.1) is 0 Å². The number of carbonyl (C=O) groups excluding carboxylic acids is 1. The number of aromatic nitrogens is 1. The standard InChI is InChI=1S/C11H9NO5/c1-2-16-9(13)6-3-4-8-7(5-6)10(14)17-11(15)12-8/h3-5H,2H2,1H3,(H,12,15). The lowest BCUT2D eigenvalue weighted by atomic mass is 10.1. The lowest BCUT2D eigenvalue weighted by Crippen LogP contribution is -2.15. The molecule has 0 aliphatic heterocycles. The number of hydrogen-bond acceptors (Lipinski definition) is 5. The number of benzene rings is 1. The van der Waals surface area contributed by atoms with Gasteiger partial charge in [0.15, 0.2) is 0 Å². The van der Waals surface area contributed by atoms with E-state index in [0.717, 1.165) is 0 Å². The molecule has 0 aliphatic rings.